The van der Waals surface area contributed by atoms with E-state index in [-0.39, 0.29) is 12.1 Å². The largest absolute Gasteiger partial charge is 0.396 e. The molecule has 1 aromatic rings. The van der Waals surface area contributed by atoms with E-state index in [0.717, 1.165) is 12.0 Å². The van der Waals surface area contributed by atoms with E-state index in [1.54, 1.807) is 18.2 Å². The molecule has 1 amide bonds. The molecule has 0 spiro atoms. The first-order valence-corrected chi connectivity index (χ1v) is 6.74. The summed E-state index contributed by atoms with van der Waals surface area (Å²) in [6.45, 7) is 4.86. The zero-order chi connectivity index (χ0) is 14.5. The van der Waals surface area contributed by atoms with E-state index in [1.807, 2.05) is 0 Å². The van der Waals surface area contributed by atoms with Gasteiger partial charge in [0.2, 0.25) is 5.91 Å². The molecule has 0 fully saturated rings. The van der Waals surface area contributed by atoms with E-state index in [4.69, 9.17) is 22.4 Å². The van der Waals surface area contributed by atoms with Crippen molar-refractivity contribution in [2.24, 2.45) is 5.73 Å². The second kappa shape index (κ2) is 6.89. The monoisotopic (exact) mass is 284 g/mol. The van der Waals surface area contributed by atoms with Crippen molar-refractivity contribution >= 4 is 17.5 Å². The molecule has 0 heterocycles. The molecule has 0 saturated heterocycles. The number of nitrogens with one attached hydrogen (secondary N) is 1. The summed E-state index contributed by atoms with van der Waals surface area (Å²) in [6.07, 6.45) is 1.59. The van der Waals surface area contributed by atoms with Crippen LogP contribution in [0.3, 0.4) is 0 Å². The van der Waals surface area contributed by atoms with Gasteiger partial charge in [-0.2, -0.15) is 0 Å². The molecule has 0 saturated carbocycles. The van der Waals surface area contributed by atoms with Gasteiger partial charge in [-0.15, -0.1) is 0 Å². The molecule has 0 aliphatic carbocycles. The third kappa shape index (κ3) is 4.49. The minimum absolute atomic E-state index is 0.125. The summed E-state index contributed by atoms with van der Waals surface area (Å²) in [5, 5.41) is 13.0. The number of halogens is 1. The number of carbonyl (C=O) groups excluding carboxylic acids is 1. The van der Waals surface area contributed by atoms with E-state index in [2.05, 4.69) is 19.2 Å². The van der Waals surface area contributed by atoms with Gasteiger partial charge in [0.25, 0.3) is 0 Å². The number of carbonyl (C=O) groups is 1. The quantitative estimate of drug-likeness (QED) is 0.717. The van der Waals surface area contributed by atoms with Gasteiger partial charge in [0, 0.05) is 29.3 Å². The summed E-state index contributed by atoms with van der Waals surface area (Å²) >= 11 is 6.13. The third-order valence-corrected chi connectivity index (χ3v) is 3.84. The highest BCUT2D eigenvalue weighted by atomic mass is 35.5. The highest BCUT2D eigenvalue weighted by Gasteiger charge is 2.20. The Morgan fingerprint density at radius 1 is 1.53 bits per heavy atom. The molecule has 0 radical (unpaired) electrons. The molecule has 4 N–H and O–H groups in total. The lowest BCUT2D eigenvalue weighted by Gasteiger charge is -2.29. The molecule has 19 heavy (non-hydrogen) atoms. The van der Waals surface area contributed by atoms with Crippen LogP contribution in [0.4, 0.5) is 0 Å². The lowest BCUT2D eigenvalue weighted by atomic mass is 9.94. The number of benzene rings is 1. The Morgan fingerprint density at radius 3 is 2.68 bits per heavy atom. The Balaban J connectivity index is 2.75. The number of hydrogen-bond donors (Lipinski definition) is 3. The summed E-state index contributed by atoms with van der Waals surface area (Å²) in [6, 6.07) is 5.04. The first-order valence-electron chi connectivity index (χ1n) is 6.36. The van der Waals surface area contributed by atoms with Gasteiger partial charge in [0.15, 0.2) is 0 Å². The van der Waals surface area contributed by atoms with Crippen molar-refractivity contribution in [3.8, 4) is 0 Å². The van der Waals surface area contributed by atoms with Gasteiger partial charge in [-0.3, -0.25) is 4.79 Å². The minimum atomic E-state index is -0.486. The van der Waals surface area contributed by atoms with Gasteiger partial charge in [-0.25, -0.2) is 0 Å². The molecule has 0 aromatic heterocycles. The van der Waals surface area contributed by atoms with Crippen molar-refractivity contribution in [1.82, 2.24) is 5.32 Å². The molecule has 0 aliphatic rings. The summed E-state index contributed by atoms with van der Waals surface area (Å²) in [4.78, 5) is 11.0. The predicted octanol–water partition coefficient (Wildman–Crippen LogP) is 2.08. The second-order valence-electron chi connectivity index (χ2n) is 4.91. The minimum Gasteiger partial charge on any atom is -0.396 e. The van der Waals surface area contributed by atoms with Crippen LogP contribution in [0.15, 0.2) is 18.2 Å². The smallest absolute Gasteiger partial charge is 0.248 e. The topological polar surface area (TPSA) is 75.3 Å². The van der Waals surface area contributed by atoms with Crippen LogP contribution in [0.1, 0.15) is 42.6 Å². The van der Waals surface area contributed by atoms with Crippen LogP contribution >= 0.6 is 11.6 Å². The van der Waals surface area contributed by atoms with Crippen LogP contribution < -0.4 is 11.1 Å². The van der Waals surface area contributed by atoms with Gasteiger partial charge < -0.3 is 16.2 Å². The molecule has 0 aliphatic heterocycles. The maximum atomic E-state index is 11.0. The van der Waals surface area contributed by atoms with Crippen LogP contribution in [-0.4, -0.2) is 23.2 Å². The van der Waals surface area contributed by atoms with Crippen molar-refractivity contribution < 1.29 is 9.90 Å². The standard InChI is InChI=1S/C14H21ClN2O2/c1-3-14(2,6-7-18)17-9-11-5-4-10(13(16)19)8-12(11)15/h4-5,8,17-18H,3,6-7,9H2,1-2H3,(H2,16,19). The predicted molar refractivity (Wildman–Crippen MR) is 77.2 cm³/mol. The lowest BCUT2D eigenvalue weighted by Crippen LogP contribution is -2.42. The van der Waals surface area contributed by atoms with E-state index in [0.29, 0.717) is 23.6 Å². The highest BCUT2D eigenvalue weighted by Crippen LogP contribution is 2.20. The van der Waals surface area contributed by atoms with Gasteiger partial charge >= 0.3 is 0 Å². The molecule has 106 valence electrons. The number of aliphatic hydroxyl groups is 1. The molecule has 4 nitrogen and oxygen atoms in total. The highest BCUT2D eigenvalue weighted by molar-refractivity contribution is 6.31. The first kappa shape index (κ1) is 16.0. The van der Waals surface area contributed by atoms with Crippen molar-refractivity contribution in [2.45, 2.75) is 38.8 Å². The molecule has 1 rings (SSSR count). The Labute approximate surface area is 118 Å². The fraction of sp³-hybridized carbons (Fsp3) is 0.500. The normalized spacial score (nSPS) is 14.1. The molecule has 1 unspecified atom stereocenters. The van der Waals surface area contributed by atoms with Gasteiger partial charge in [-0.1, -0.05) is 24.6 Å². The van der Waals surface area contributed by atoms with E-state index >= 15 is 0 Å². The Morgan fingerprint density at radius 2 is 2.21 bits per heavy atom. The summed E-state index contributed by atoms with van der Waals surface area (Å²) < 4.78 is 0. The van der Waals surface area contributed by atoms with E-state index in [9.17, 15) is 4.79 Å². The average molecular weight is 285 g/mol. The second-order valence-corrected chi connectivity index (χ2v) is 5.32. The third-order valence-electron chi connectivity index (χ3n) is 3.49. The van der Waals surface area contributed by atoms with Crippen LogP contribution in [0, 0.1) is 0 Å². The van der Waals surface area contributed by atoms with Gasteiger partial charge in [0.1, 0.15) is 0 Å². The van der Waals surface area contributed by atoms with Crippen molar-refractivity contribution in [3.63, 3.8) is 0 Å². The molecular weight excluding hydrogens is 264 g/mol. The molecule has 1 aromatic carbocycles. The summed E-state index contributed by atoms with van der Waals surface area (Å²) in [5.41, 5.74) is 6.38. The van der Waals surface area contributed by atoms with Crippen LogP contribution in [0.5, 0.6) is 0 Å². The maximum absolute atomic E-state index is 11.0. The van der Waals surface area contributed by atoms with Gasteiger partial charge in [-0.05, 0) is 37.5 Å². The molecule has 1 atom stereocenters. The molecule has 0 bridgehead atoms. The van der Waals surface area contributed by atoms with E-state index in [1.165, 1.54) is 0 Å². The van der Waals surface area contributed by atoms with Crippen molar-refractivity contribution in [1.29, 1.82) is 0 Å². The maximum Gasteiger partial charge on any atom is 0.248 e. The average Bonchev–Trinajstić information content (AvgIpc) is 2.37. The Hall–Kier alpha value is -1.10. The van der Waals surface area contributed by atoms with Crippen LogP contribution in [-0.2, 0) is 6.54 Å². The number of amides is 1. The fourth-order valence-corrected chi connectivity index (χ4v) is 2.04. The number of hydrogen-bond acceptors (Lipinski definition) is 3. The van der Waals surface area contributed by atoms with E-state index < -0.39 is 5.91 Å². The first-order chi connectivity index (χ1) is 8.91. The Kier molecular flexibility index (Phi) is 5.79. The molecule has 5 heteroatoms. The van der Waals surface area contributed by atoms with Crippen LogP contribution in [0.25, 0.3) is 0 Å². The Bertz CT molecular complexity index is 451. The number of nitrogens with two attached hydrogens (primary N) is 1. The molecular formula is C14H21ClN2O2. The zero-order valence-electron chi connectivity index (χ0n) is 11.4. The van der Waals surface area contributed by atoms with Gasteiger partial charge in [0.05, 0.1) is 0 Å². The SMILES string of the molecule is CCC(C)(CCO)NCc1ccc(C(N)=O)cc1Cl. The summed E-state index contributed by atoms with van der Waals surface area (Å²) in [7, 11) is 0. The summed E-state index contributed by atoms with van der Waals surface area (Å²) in [5.74, 6) is -0.486. The number of aliphatic hydroxyl groups excluding tert-OH is 1. The van der Waals surface area contributed by atoms with Crippen LogP contribution in [0.2, 0.25) is 5.02 Å². The fourth-order valence-electron chi connectivity index (χ4n) is 1.79. The number of rotatable bonds is 7. The number of primary amides is 1. The van der Waals surface area contributed by atoms with Crippen molar-refractivity contribution in [3.05, 3.63) is 34.3 Å². The van der Waals surface area contributed by atoms with Crippen molar-refractivity contribution in [2.75, 3.05) is 6.61 Å². The zero-order valence-corrected chi connectivity index (χ0v) is 12.1. The lowest BCUT2D eigenvalue weighted by molar-refractivity contribution is 0.1000.